The third kappa shape index (κ3) is 4.95. The van der Waals surface area contributed by atoms with E-state index in [1.165, 1.54) is 11.3 Å². The van der Waals surface area contributed by atoms with E-state index in [0.29, 0.717) is 25.5 Å². The Labute approximate surface area is 167 Å². The average molecular weight is 383 g/mol. The number of piperazine rings is 1. The SMILES string of the molecule is COCCOc1cccc(NC(=O)N2CCN(c3ccccc3C)C[C@@H]2C)c1. The number of urea groups is 1. The zero-order chi connectivity index (χ0) is 19.9. The molecule has 1 aliphatic heterocycles. The molecule has 1 atom stereocenters. The summed E-state index contributed by atoms with van der Waals surface area (Å²) in [5, 5.41) is 3.00. The van der Waals surface area contributed by atoms with Crippen LogP contribution in [0, 0.1) is 6.92 Å². The van der Waals surface area contributed by atoms with E-state index in [2.05, 4.69) is 48.3 Å². The predicted octanol–water partition coefficient (Wildman–Crippen LogP) is 3.76. The van der Waals surface area contributed by atoms with Gasteiger partial charge in [-0.15, -0.1) is 0 Å². The molecule has 0 saturated carbocycles. The first kappa shape index (κ1) is 20.0. The Morgan fingerprint density at radius 2 is 1.96 bits per heavy atom. The van der Waals surface area contributed by atoms with Crippen molar-refractivity contribution < 1.29 is 14.3 Å². The Morgan fingerprint density at radius 3 is 2.71 bits per heavy atom. The van der Waals surface area contributed by atoms with Crippen molar-refractivity contribution in [2.24, 2.45) is 0 Å². The fraction of sp³-hybridized carbons (Fsp3) is 0.409. The average Bonchev–Trinajstić information content (AvgIpc) is 2.69. The van der Waals surface area contributed by atoms with Gasteiger partial charge in [0.05, 0.1) is 6.61 Å². The molecule has 150 valence electrons. The maximum Gasteiger partial charge on any atom is 0.322 e. The third-order valence-corrected chi connectivity index (χ3v) is 4.99. The predicted molar refractivity (Wildman–Crippen MR) is 112 cm³/mol. The van der Waals surface area contributed by atoms with Gasteiger partial charge in [0.15, 0.2) is 0 Å². The molecule has 0 unspecified atom stereocenters. The van der Waals surface area contributed by atoms with E-state index in [4.69, 9.17) is 9.47 Å². The smallest absolute Gasteiger partial charge is 0.322 e. The van der Waals surface area contributed by atoms with Gasteiger partial charge in [-0.1, -0.05) is 24.3 Å². The Balaban J connectivity index is 1.58. The number of nitrogens with zero attached hydrogens (tertiary/aromatic N) is 2. The Bertz CT molecular complexity index is 796. The lowest BCUT2D eigenvalue weighted by Crippen LogP contribution is -2.55. The van der Waals surface area contributed by atoms with Crippen molar-refractivity contribution in [1.82, 2.24) is 4.90 Å². The van der Waals surface area contributed by atoms with Gasteiger partial charge < -0.3 is 24.6 Å². The number of amides is 2. The van der Waals surface area contributed by atoms with Crippen molar-refractivity contribution in [1.29, 1.82) is 0 Å². The minimum absolute atomic E-state index is 0.0778. The largest absolute Gasteiger partial charge is 0.491 e. The fourth-order valence-corrected chi connectivity index (χ4v) is 3.50. The first-order valence-electron chi connectivity index (χ1n) is 9.68. The maximum atomic E-state index is 12.8. The molecule has 2 aromatic carbocycles. The highest BCUT2D eigenvalue weighted by Gasteiger charge is 2.28. The van der Waals surface area contributed by atoms with E-state index in [9.17, 15) is 4.79 Å². The van der Waals surface area contributed by atoms with Crippen LogP contribution in [0.5, 0.6) is 5.75 Å². The Kier molecular flexibility index (Phi) is 6.76. The molecule has 6 heteroatoms. The second kappa shape index (κ2) is 9.46. The summed E-state index contributed by atoms with van der Waals surface area (Å²) in [6, 6.07) is 15.9. The zero-order valence-corrected chi connectivity index (χ0v) is 16.9. The number of rotatable bonds is 6. The van der Waals surface area contributed by atoms with Crippen LogP contribution in [0.25, 0.3) is 0 Å². The summed E-state index contributed by atoms with van der Waals surface area (Å²) in [6.07, 6.45) is 0. The summed E-state index contributed by atoms with van der Waals surface area (Å²) < 4.78 is 10.6. The first-order valence-corrected chi connectivity index (χ1v) is 9.68. The lowest BCUT2D eigenvalue weighted by Gasteiger charge is -2.41. The highest BCUT2D eigenvalue weighted by molar-refractivity contribution is 5.90. The standard InChI is InChI=1S/C22H29N3O3/c1-17-7-4-5-10-21(17)24-11-12-25(18(2)16-24)22(26)23-19-8-6-9-20(15-19)28-14-13-27-3/h4-10,15,18H,11-14,16H2,1-3H3,(H,23,26)/t18-/m0/s1. The molecule has 1 aliphatic rings. The Morgan fingerprint density at radius 1 is 1.14 bits per heavy atom. The van der Waals surface area contributed by atoms with Crippen LogP contribution in [-0.4, -0.2) is 56.9 Å². The van der Waals surface area contributed by atoms with Gasteiger partial charge in [-0.05, 0) is 37.6 Å². The monoisotopic (exact) mass is 383 g/mol. The number of carbonyl (C=O) groups is 1. The van der Waals surface area contributed by atoms with E-state index in [1.807, 2.05) is 29.2 Å². The number of para-hydroxylation sites is 1. The lowest BCUT2D eigenvalue weighted by atomic mass is 10.1. The maximum absolute atomic E-state index is 12.8. The van der Waals surface area contributed by atoms with Crippen LogP contribution in [0.2, 0.25) is 0 Å². The van der Waals surface area contributed by atoms with Crippen molar-refractivity contribution in [2.75, 3.05) is 50.2 Å². The molecule has 1 saturated heterocycles. The minimum Gasteiger partial charge on any atom is -0.491 e. The van der Waals surface area contributed by atoms with Gasteiger partial charge in [-0.2, -0.15) is 0 Å². The molecule has 0 radical (unpaired) electrons. The number of carbonyl (C=O) groups excluding carboxylic acids is 1. The highest BCUT2D eigenvalue weighted by atomic mass is 16.5. The highest BCUT2D eigenvalue weighted by Crippen LogP contribution is 2.24. The normalized spacial score (nSPS) is 16.8. The van der Waals surface area contributed by atoms with Gasteiger partial charge in [0.2, 0.25) is 0 Å². The zero-order valence-electron chi connectivity index (χ0n) is 16.9. The van der Waals surface area contributed by atoms with Crippen LogP contribution in [-0.2, 0) is 4.74 Å². The molecule has 2 amide bonds. The number of methoxy groups -OCH3 is 1. The van der Waals surface area contributed by atoms with Crippen LogP contribution in [0.1, 0.15) is 12.5 Å². The molecule has 1 heterocycles. The first-order chi connectivity index (χ1) is 13.6. The van der Waals surface area contributed by atoms with Gasteiger partial charge >= 0.3 is 6.03 Å². The molecule has 1 N–H and O–H groups in total. The minimum atomic E-state index is -0.0778. The van der Waals surface area contributed by atoms with Gasteiger partial charge in [0.25, 0.3) is 0 Å². The van der Waals surface area contributed by atoms with Crippen molar-refractivity contribution in [3.8, 4) is 5.75 Å². The molecule has 6 nitrogen and oxygen atoms in total. The third-order valence-electron chi connectivity index (χ3n) is 4.99. The van der Waals surface area contributed by atoms with E-state index in [0.717, 1.165) is 18.8 Å². The van der Waals surface area contributed by atoms with Crippen molar-refractivity contribution >= 4 is 17.4 Å². The quantitative estimate of drug-likeness (QED) is 0.772. The summed E-state index contributed by atoms with van der Waals surface area (Å²) in [5.74, 6) is 0.715. The van der Waals surface area contributed by atoms with Crippen LogP contribution >= 0.6 is 0 Å². The fourth-order valence-electron chi connectivity index (χ4n) is 3.50. The lowest BCUT2D eigenvalue weighted by molar-refractivity contribution is 0.146. The second-order valence-corrected chi connectivity index (χ2v) is 7.07. The summed E-state index contributed by atoms with van der Waals surface area (Å²) in [4.78, 5) is 17.0. The molecule has 0 aliphatic carbocycles. The van der Waals surface area contributed by atoms with E-state index in [1.54, 1.807) is 7.11 Å². The van der Waals surface area contributed by atoms with Crippen molar-refractivity contribution in [3.63, 3.8) is 0 Å². The van der Waals surface area contributed by atoms with Gasteiger partial charge in [0, 0.05) is 50.2 Å². The Hall–Kier alpha value is -2.73. The number of benzene rings is 2. The van der Waals surface area contributed by atoms with E-state index >= 15 is 0 Å². The van der Waals surface area contributed by atoms with Crippen LogP contribution < -0.4 is 15.0 Å². The molecule has 3 rings (SSSR count). The summed E-state index contributed by atoms with van der Waals surface area (Å²) >= 11 is 0. The van der Waals surface area contributed by atoms with Crippen molar-refractivity contribution in [3.05, 3.63) is 54.1 Å². The van der Waals surface area contributed by atoms with E-state index in [-0.39, 0.29) is 12.1 Å². The molecule has 2 aromatic rings. The number of hydrogen-bond donors (Lipinski definition) is 1. The van der Waals surface area contributed by atoms with Gasteiger partial charge in [-0.3, -0.25) is 0 Å². The number of anilines is 2. The number of hydrogen-bond acceptors (Lipinski definition) is 4. The molecule has 1 fully saturated rings. The number of ether oxygens (including phenoxy) is 2. The number of nitrogens with one attached hydrogen (secondary N) is 1. The summed E-state index contributed by atoms with van der Waals surface area (Å²) in [5.41, 5.74) is 3.24. The topological polar surface area (TPSA) is 54.0 Å². The molecular weight excluding hydrogens is 354 g/mol. The van der Waals surface area contributed by atoms with Crippen molar-refractivity contribution in [2.45, 2.75) is 19.9 Å². The summed E-state index contributed by atoms with van der Waals surface area (Å²) in [7, 11) is 1.64. The molecule has 0 spiro atoms. The van der Waals surface area contributed by atoms with Crippen LogP contribution in [0.15, 0.2) is 48.5 Å². The molecule has 28 heavy (non-hydrogen) atoms. The molecule has 0 bridgehead atoms. The summed E-state index contributed by atoms with van der Waals surface area (Å²) in [6.45, 7) is 7.55. The molecular formula is C22H29N3O3. The van der Waals surface area contributed by atoms with Crippen LogP contribution in [0.3, 0.4) is 0 Å². The second-order valence-electron chi connectivity index (χ2n) is 7.07. The van der Waals surface area contributed by atoms with Crippen LogP contribution in [0.4, 0.5) is 16.2 Å². The van der Waals surface area contributed by atoms with Gasteiger partial charge in [-0.25, -0.2) is 4.79 Å². The molecule has 0 aromatic heterocycles. The number of aryl methyl sites for hydroxylation is 1. The van der Waals surface area contributed by atoms with E-state index < -0.39 is 0 Å². The van der Waals surface area contributed by atoms with Gasteiger partial charge in [0.1, 0.15) is 12.4 Å².